The molecule has 1 aliphatic rings. The second-order valence-electron chi connectivity index (χ2n) is 5.84. The van der Waals surface area contributed by atoms with Gasteiger partial charge in [0, 0.05) is 5.69 Å². The van der Waals surface area contributed by atoms with Gasteiger partial charge in [-0.25, -0.2) is 0 Å². The molecule has 0 radical (unpaired) electrons. The number of aromatic nitrogens is 1. The van der Waals surface area contributed by atoms with Crippen LogP contribution in [0.15, 0.2) is 41.2 Å². The van der Waals surface area contributed by atoms with Gasteiger partial charge in [-0.1, -0.05) is 30.3 Å². The Bertz CT molecular complexity index is 753. The van der Waals surface area contributed by atoms with Crippen LogP contribution in [0.5, 0.6) is 0 Å². The van der Waals surface area contributed by atoms with Crippen molar-refractivity contribution in [2.75, 3.05) is 6.61 Å². The minimum absolute atomic E-state index is 0.111. The van der Waals surface area contributed by atoms with E-state index in [0.717, 1.165) is 42.5 Å². The van der Waals surface area contributed by atoms with E-state index < -0.39 is 11.9 Å². The largest absolute Gasteiger partial charge is 0.394 e. The number of carbonyl (C=O) groups excluding carboxylic acids is 1. The molecule has 0 saturated carbocycles. The van der Waals surface area contributed by atoms with Gasteiger partial charge in [0.15, 0.2) is 0 Å². The lowest BCUT2D eigenvalue weighted by Gasteiger charge is -2.18. The van der Waals surface area contributed by atoms with E-state index in [2.05, 4.69) is 10.3 Å². The Morgan fingerprint density at radius 2 is 1.96 bits per heavy atom. The second kappa shape index (κ2) is 6.79. The van der Waals surface area contributed by atoms with Crippen LogP contribution in [0.1, 0.15) is 46.1 Å². The third-order valence-corrected chi connectivity index (χ3v) is 4.27. The molecule has 1 atom stereocenters. The third-order valence-electron chi connectivity index (χ3n) is 4.27. The summed E-state index contributed by atoms with van der Waals surface area (Å²) in [5, 5.41) is 12.3. The maximum absolute atomic E-state index is 12.5. The molecule has 1 aromatic heterocycles. The van der Waals surface area contributed by atoms with Crippen molar-refractivity contribution >= 4 is 5.91 Å². The number of carbonyl (C=O) groups is 1. The number of H-pyrrole nitrogens is 1. The molecule has 1 aliphatic carbocycles. The number of aromatic amines is 1. The maximum atomic E-state index is 12.5. The Kier molecular flexibility index (Phi) is 4.57. The number of hydrogen-bond donors (Lipinski definition) is 3. The first-order valence-corrected chi connectivity index (χ1v) is 7.91. The number of rotatable bonds is 4. The van der Waals surface area contributed by atoms with Gasteiger partial charge in [0.2, 0.25) is 0 Å². The molecule has 1 unspecified atom stereocenters. The summed E-state index contributed by atoms with van der Waals surface area (Å²) in [4.78, 5) is 27.4. The summed E-state index contributed by atoms with van der Waals surface area (Å²) in [6.45, 7) is -0.224. The zero-order chi connectivity index (χ0) is 16.2. The summed E-state index contributed by atoms with van der Waals surface area (Å²) >= 11 is 0. The van der Waals surface area contributed by atoms with E-state index in [1.54, 1.807) is 6.07 Å². The zero-order valence-electron chi connectivity index (χ0n) is 12.8. The Morgan fingerprint density at radius 3 is 2.70 bits per heavy atom. The number of pyridine rings is 1. The van der Waals surface area contributed by atoms with Crippen LogP contribution in [0.2, 0.25) is 0 Å². The van der Waals surface area contributed by atoms with Crippen LogP contribution >= 0.6 is 0 Å². The predicted molar refractivity (Wildman–Crippen MR) is 87.4 cm³/mol. The van der Waals surface area contributed by atoms with E-state index in [-0.39, 0.29) is 17.7 Å². The van der Waals surface area contributed by atoms with Gasteiger partial charge in [0.05, 0.1) is 12.6 Å². The molecule has 5 nitrogen and oxygen atoms in total. The molecule has 1 amide bonds. The Balaban J connectivity index is 1.84. The minimum Gasteiger partial charge on any atom is -0.394 e. The van der Waals surface area contributed by atoms with Crippen LogP contribution in [0.4, 0.5) is 0 Å². The lowest BCUT2D eigenvalue weighted by Crippen LogP contribution is -2.35. The fourth-order valence-corrected chi connectivity index (χ4v) is 3.00. The third kappa shape index (κ3) is 3.35. The van der Waals surface area contributed by atoms with Crippen molar-refractivity contribution in [3.05, 3.63) is 69.1 Å². The Morgan fingerprint density at radius 1 is 1.22 bits per heavy atom. The molecule has 5 heteroatoms. The van der Waals surface area contributed by atoms with Crippen LogP contribution in [0, 0.1) is 0 Å². The summed E-state index contributed by atoms with van der Waals surface area (Å²) in [5.41, 5.74) is 2.53. The van der Waals surface area contributed by atoms with Gasteiger partial charge in [0.25, 0.3) is 11.5 Å². The number of amides is 1. The highest BCUT2D eigenvalue weighted by molar-refractivity contribution is 5.94. The van der Waals surface area contributed by atoms with Crippen molar-refractivity contribution in [3.8, 4) is 0 Å². The molecule has 2 aromatic rings. The molecular weight excluding hydrogens is 292 g/mol. The van der Waals surface area contributed by atoms with Crippen LogP contribution in [0.25, 0.3) is 0 Å². The molecule has 0 aliphatic heterocycles. The normalized spacial score (nSPS) is 14.8. The molecule has 0 spiro atoms. The van der Waals surface area contributed by atoms with Crippen LogP contribution in [-0.2, 0) is 12.8 Å². The van der Waals surface area contributed by atoms with Crippen LogP contribution < -0.4 is 10.9 Å². The SMILES string of the molecule is O=C(NC(CO)c1ccccc1)c1cc2c([nH]c1=O)CCCC2. The lowest BCUT2D eigenvalue weighted by molar-refractivity contribution is 0.0914. The molecule has 0 fully saturated rings. The standard InChI is InChI=1S/C18H20N2O3/c21-11-16(12-6-2-1-3-7-12)20-18(23)14-10-13-8-4-5-9-15(13)19-17(14)22/h1-3,6-7,10,16,21H,4-5,8-9,11H2,(H,19,22)(H,20,23). The fourth-order valence-electron chi connectivity index (χ4n) is 3.00. The van der Waals surface area contributed by atoms with Gasteiger partial charge in [-0.3, -0.25) is 9.59 Å². The number of aliphatic hydroxyl groups is 1. The van der Waals surface area contributed by atoms with Gasteiger partial charge in [-0.2, -0.15) is 0 Å². The second-order valence-corrected chi connectivity index (χ2v) is 5.84. The average molecular weight is 312 g/mol. The number of fused-ring (bicyclic) bond motifs is 1. The van der Waals surface area contributed by atoms with Crippen molar-refractivity contribution in [3.63, 3.8) is 0 Å². The Labute approximate surface area is 134 Å². The van der Waals surface area contributed by atoms with Gasteiger partial charge in [-0.15, -0.1) is 0 Å². The monoisotopic (exact) mass is 312 g/mol. The maximum Gasteiger partial charge on any atom is 0.261 e. The highest BCUT2D eigenvalue weighted by Gasteiger charge is 2.20. The first kappa shape index (κ1) is 15.5. The van der Waals surface area contributed by atoms with E-state index >= 15 is 0 Å². The van der Waals surface area contributed by atoms with Gasteiger partial charge in [0.1, 0.15) is 5.56 Å². The average Bonchev–Trinajstić information content (AvgIpc) is 2.59. The Hall–Kier alpha value is -2.40. The van der Waals surface area contributed by atoms with Crippen molar-refractivity contribution in [2.24, 2.45) is 0 Å². The quantitative estimate of drug-likeness (QED) is 0.804. The molecule has 120 valence electrons. The zero-order valence-corrected chi connectivity index (χ0v) is 12.8. The van der Waals surface area contributed by atoms with Crippen LogP contribution in [0.3, 0.4) is 0 Å². The summed E-state index contributed by atoms with van der Waals surface area (Å²) < 4.78 is 0. The molecule has 3 rings (SSSR count). The smallest absolute Gasteiger partial charge is 0.261 e. The number of aliphatic hydroxyl groups excluding tert-OH is 1. The first-order chi connectivity index (χ1) is 11.2. The summed E-state index contributed by atoms with van der Waals surface area (Å²) in [5.74, 6) is -0.456. The van der Waals surface area contributed by atoms with Gasteiger partial charge < -0.3 is 15.4 Å². The summed E-state index contributed by atoms with van der Waals surface area (Å²) in [6.07, 6.45) is 3.88. The lowest BCUT2D eigenvalue weighted by atomic mass is 9.95. The number of hydrogen-bond acceptors (Lipinski definition) is 3. The fraction of sp³-hybridized carbons (Fsp3) is 0.333. The molecule has 1 heterocycles. The topological polar surface area (TPSA) is 82.2 Å². The summed E-state index contributed by atoms with van der Waals surface area (Å²) in [6, 6.07) is 10.4. The molecule has 23 heavy (non-hydrogen) atoms. The molecule has 0 saturated heterocycles. The van der Waals surface area contributed by atoms with E-state index in [4.69, 9.17) is 0 Å². The van der Waals surface area contributed by atoms with Crippen molar-refractivity contribution in [2.45, 2.75) is 31.7 Å². The number of aryl methyl sites for hydroxylation is 2. The van der Waals surface area contributed by atoms with Crippen molar-refractivity contribution in [1.29, 1.82) is 0 Å². The summed E-state index contributed by atoms with van der Waals surface area (Å²) in [7, 11) is 0. The van der Waals surface area contributed by atoms with Crippen molar-refractivity contribution < 1.29 is 9.90 Å². The highest BCUT2D eigenvalue weighted by Crippen LogP contribution is 2.19. The molecule has 3 N–H and O–H groups in total. The highest BCUT2D eigenvalue weighted by atomic mass is 16.3. The molecule has 1 aromatic carbocycles. The van der Waals surface area contributed by atoms with Gasteiger partial charge >= 0.3 is 0 Å². The van der Waals surface area contributed by atoms with E-state index in [0.29, 0.717) is 0 Å². The number of benzene rings is 1. The number of nitrogens with one attached hydrogen (secondary N) is 2. The van der Waals surface area contributed by atoms with E-state index in [9.17, 15) is 14.7 Å². The minimum atomic E-state index is -0.529. The van der Waals surface area contributed by atoms with Gasteiger partial charge in [-0.05, 0) is 42.9 Å². The van der Waals surface area contributed by atoms with Crippen LogP contribution in [-0.4, -0.2) is 22.6 Å². The van der Waals surface area contributed by atoms with E-state index in [1.807, 2.05) is 30.3 Å². The molecular formula is C18H20N2O3. The van der Waals surface area contributed by atoms with E-state index in [1.165, 1.54) is 0 Å². The first-order valence-electron chi connectivity index (χ1n) is 7.91. The predicted octanol–water partition coefficient (Wildman–Crippen LogP) is 1.72. The van der Waals surface area contributed by atoms with Crippen molar-refractivity contribution in [1.82, 2.24) is 10.3 Å². The molecule has 0 bridgehead atoms.